The van der Waals surface area contributed by atoms with Gasteiger partial charge in [-0.3, -0.25) is 18.9 Å². The number of rotatable bonds is 20. The van der Waals surface area contributed by atoms with Gasteiger partial charge in [0.15, 0.2) is 0 Å². The molecule has 2 aliphatic rings. The number of piperidine rings is 2. The third kappa shape index (κ3) is 17.6. The maximum atomic E-state index is 14.2. The summed E-state index contributed by atoms with van der Waals surface area (Å²) < 4.78 is 202. The number of nitrogens with one attached hydrogen (secondary N) is 2. The number of likely N-dealkylation sites (tertiary alicyclic amines) is 2. The normalized spacial score (nSPS) is 20.2. The molecule has 0 aliphatic carbocycles. The van der Waals surface area contributed by atoms with Gasteiger partial charge in [-0.1, -0.05) is 136 Å². The maximum absolute atomic E-state index is 14.2. The molecule has 8 aromatic rings. The lowest BCUT2D eigenvalue weighted by molar-refractivity contribution is -0.145. The standard InChI is InChI=1S/2C34H34F6N4O5.2CH4/c2*1-23(25-15-27(33(35,36)37)17-28(16-25)34(38,39)40)49-21-32(26-11-7-4-8-12-26)14-13-31(20-47-2,44-22-41-42-29(44)45)19-43(32)30(46)48-18-24-9-5-3-6-10-24;;/h2*3-12,15-17,22-23H,13-14,18-21H2,1-2H3,(H,42,45);2*1H4/t2*23-,31-,32-;;/m11../s1. The van der Waals surface area contributed by atoms with Crippen LogP contribution in [0.25, 0.3) is 0 Å². The van der Waals surface area contributed by atoms with E-state index in [1.165, 1.54) is 59.7 Å². The number of halogens is 12. The second kappa shape index (κ2) is 31.9. The zero-order chi connectivity index (χ0) is 70.9. The number of aromatic amines is 2. The van der Waals surface area contributed by atoms with Gasteiger partial charge >= 0.3 is 48.3 Å². The molecule has 4 heterocycles. The minimum absolute atomic E-state index is 0. The summed E-state index contributed by atoms with van der Waals surface area (Å²) in [7, 11) is 2.89. The van der Waals surface area contributed by atoms with E-state index in [0.29, 0.717) is 46.5 Å². The summed E-state index contributed by atoms with van der Waals surface area (Å²) >= 11 is 0. The number of benzene rings is 6. The van der Waals surface area contributed by atoms with Crippen LogP contribution < -0.4 is 11.4 Å². The minimum atomic E-state index is -5.04. The molecular formula is C70H76F12N8O10. The Morgan fingerprint density at radius 2 is 0.760 bits per heavy atom. The zero-order valence-electron chi connectivity index (χ0n) is 53.1. The lowest BCUT2D eigenvalue weighted by atomic mass is 9.74. The number of nitrogens with zero attached hydrogens (tertiary/aromatic N) is 6. The SMILES string of the molecule is C.C.COC[C@@]1(n2cn[nH]c2=O)CC[C@@](CO[C@H](C)c2cc(C(F)(F)F)cc(C(F)(F)F)c2)(c2ccccc2)N(C(=O)OCc2ccccc2)C1.COC[C@@]1(n2cn[nH]c2=O)CC[C@@](CO[C@H](C)c2cc(C(F)(F)F)cc(C(F)(F)F)c2)(c2ccccc2)N(C(=O)OCc2ccccc2)C1. The molecule has 2 N–H and O–H groups in total. The average Bonchev–Trinajstić information content (AvgIpc) is 1.07. The van der Waals surface area contributed by atoms with E-state index < -0.39 is 105 Å². The van der Waals surface area contributed by atoms with Gasteiger partial charge in [0.1, 0.15) is 25.9 Å². The molecule has 6 atom stereocenters. The first-order valence-corrected chi connectivity index (χ1v) is 30.5. The fourth-order valence-electron chi connectivity index (χ4n) is 12.5. The second-order valence-corrected chi connectivity index (χ2v) is 24.0. The molecule has 2 saturated heterocycles. The number of aromatic nitrogens is 6. The van der Waals surface area contributed by atoms with E-state index in [1.54, 1.807) is 121 Å². The third-order valence-corrected chi connectivity index (χ3v) is 17.7. The molecule has 30 heteroatoms. The van der Waals surface area contributed by atoms with Gasteiger partial charge in [0.2, 0.25) is 0 Å². The molecule has 0 saturated carbocycles. The third-order valence-electron chi connectivity index (χ3n) is 17.7. The van der Waals surface area contributed by atoms with Crippen molar-refractivity contribution in [2.24, 2.45) is 0 Å². The van der Waals surface area contributed by atoms with E-state index in [9.17, 15) is 71.9 Å². The van der Waals surface area contributed by atoms with Crippen molar-refractivity contribution in [1.29, 1.82) is 0 Å². The van der Waals surface area contributed by atoms with Crippen LogP contribution in [0.4, 0.5) is 62.3 Å². The molecule has 2 fully saturated rings. The van der Waals surface area contributed by atoms with Gasteiger partial charge in [-0.2, -0.15) is 62.9 Å². The van der Waals surface area contributed by atoms with E-state index in [-0.39, 0.29) is 117 Å². The summed E-state index contributed by atoms with van der Waals surface area (Å²) in [5.74, 6) is 0. The highest BCUT2D eigenvalue weighted by atomic mass is 19.4. The van der Waals surface area contributed by atoms with E-state index in [2.05, 4.69) is 20.4 Å². The first-order chi connectivity index (χ1) is 46.4. The Balaban J connectivity index is 0.000000275. The minimum Gasteiger partial charge on any atom is -0.445 e. The predicted molar refractivity (Wildman–Crippen MR) is 342 cm³/mol. The highest BCUT2D eigenvalue weighted by molar-refractivity contribution is 5.71. The molecule has 2 amide bonds. The van der Waals surface area contributed by atoms with Crippen LogP contribution in [0.3, 0.4) is 0 Å². The highest BCUT2D eigenvalue weighted by Crippen LogP contribution is 2.48. The molecule has 0 spiro atoms. The fraction of sp³-hybridized carbons (Fsp3) is 0.400. The number of H-pyrrole nitrogens is 2. The van der Waals surface area contributed by atoms with Gasteiger partial charge in [-0.05, 0) is 109 Å². The summed E-state index contributed by atoms with van der Waals surface area (Å²) in [5.41, 5.74) is -10.1. The van der Waals surface area contributed by atoms with E-state index >= 15 is 0 Å². The maximum Gasteiger partial charge on any atom is 0.416 e. The Labute approximate surface area is 567 Å². The number of carbonyl (C=O) groups excluding carboxylic acids is 2. The summed E-state index contributed by atoms with van der Waals surface area (Å²) in [5, 5.41) is 12.4. The Morgan fingerprint density at radius 3 is 1.03 bits per heavy atom. The number of ether oxygens (including phenoxy) is 6. The predicted octanol–water partition coefficient (Wildman–Crippen LogP) is 15.4. The first-order valence-electron chi connectivity index (χ1n) is 30.5. The topological polar surface area (TPSA) is 197 Å². The van der Waals surface area contributed by atoms with Gasteiger partial charge < -0.3 is 28.4 Å². The Hall–Kier alpha value is -9.26. The summed E-state index contributed by atoms with van der Waals surface area (Å²) in [4.78, 5) is 56.9. The average molecular weight is 1420 g/mol. The van der Waals surface area contributed by atoms with Crippen LogP contribution in [0.5, 0.6) is 0 Å². The van der Waals surface area contributed by atoms with Crippen molar-refractivity contribution in [3.8, 4) is 0 Å². The molecule has 18 nitrogen and oxygen atoms in total. The van der Waals surface area contributed by atoms with Gasteiger partial charge in [0, 0.05) is 14.2 Å². The number of carbonyl (C=O) groups is 2. The molecular weight excluding hydrogens is 1340 g/mol. The van der Waals surface area contributed by atoms with Crippen LogP contribution in [0.2, 0.25) is 0 Å². The molecule has 10 rings (SSSR count). The largest absolute Gasteiger partial charge is 0.445 e. The Morgan fingerprint density at radius 1 is 0.460 bits per heavy atom. The van der Waals surface area contributed by atoms with Gasteiger partial charge in [0.25, 0.3) is 0 Å². The van der Waals surface area contributed by atoms with E-state index in [4.69, 9.17) is 28.4 Å². The molecule has 0 bridgehead atoms. The number of alkyl halides is 12. The summed E-state index contributed by atoms with van der Waals surface area (Å²) in [6.07, 6.45) is -21.0. The quantitative estimate of drug-likeness (QED) is 0.0686. The van der Waals surface area contributed by atoms with Crippen molar-refractivity contribution in [3.05, 3.63) is 247 Å². The number of amides is 2. The fourth-order valence-corrected chi connectivity index (χ4v) is 12.5. The first kappa shape index (κ1) is 78.1. The van der Waals surface area contributed by atoms with Crippen LogP contribution in [-0.4, -0.2) is 105 Å². The zero-order valence-corrected chi connectivity index (χ0v) is 53.1. The number of hydrogen-bond donors (Lipinski definition) is 2. The summed E-state index contributed by atoms with van der Waals surface area (Å²) in [6, 6.07) is 37.8. The van der Waals surface area contributed by atoms with Crippen molar-refractivity contribution in [3.63, 3.8) is 0 Å². The van der Waals surface area contributed by atoms with Crippen molar-refractivity contribution < 1.29 is 90.7 Å². The lowest BCUT2D eigenvalue weighted by Gasteiger charge is -2.53. The van der Waals surface area contributed by atoms with Gasteiger partial charge in [-0.15, -0.1) is 0 Å². The van der Waals surface area contributed by atoms with Crippen molar-refractivity contribution in [2.45, 2.75) is 127 Å². The molecule has 0 radical (unpaired) electrons. The molecule has 0 unspecified atom stereocenters. The monoisotopic (exact) mass is 1420 g/mol. The Bertz CT molecular complexity index is 3760. The second-order valence-electron chi connectivity index (χ2n) is 24.0. The van der Waals surface area contributed by atoms with E-state index in [1.807, 2.05) is 0 Å². The molecule has 6 aromatic carbocycles. The number of hydrogen-bond acceptors (Lipinski definition) is 12. The lowest BCUT2D eigenvalue weighted by Crippen LogP contribution is -2.64. The van der Waals surface area contributed by atoms with Crippen LogP contribution >= 0.6 is 0 Å². The molecule has 2 aliphatic heterocycles. The Kier molecular flexibility index (Phi) is 24.9. The van der Waals surface area contributed by atoms with E-state index in [0.717, 1.165) is 0 Å². The van der Waals surface area contributed by atoms with Crippen LogP contribution in [-0.2, 0) is 88.5 Å². The highest BCUT2D eigenvalue weighted by Gasteiger charge is 2.56. The van der Waals surface area contributed by atoms with Crippen molar-refractivity contribution in [2.75, 3.05) is 53.7 Å². The van der Waals surface area contributed by atoms with Crippen molar-refractivity contribution in [1.82, 2.24) is 39.3 Å². The smallest absolute Gasteiger partial charge is 0.416 e. The molecule has 540 valence electrons. The van der Waals surface area contributed by atoms with Crippen LogP contribution in [0.1, 0.15) is 122 Å². The summed E-state index contributed by atoms with van der Waals surface area (Å²) in [6.45, 7) is 1.45. The van der Waals surface area contributed by atoms with Gasteiger partial charge in [-0.25, -0.2) is 29.4 Å². The van der Waals surface area contributed by atoms with Gasteiger partial charge in [0.05, 0.1) is 96.1 Å². The van der Waals surface area contributed by atoms with Crippen LogP contribution in [0, 0.1) is 0 Å². The number of methoxy groups -OCH3 is 2. The van der Waals surface area contributed by atoms with Crippen molar-refractivity contribution >= 4 is 12.2 Å². The molecule has 100 heavy (non-hydrogen) atoms. The van der Waals surface area contributed by atoms with Crippen LogP contribution in [0.15, 0.2) is 180 Å². The molecule has 2 aromatic heterocycles.